The number of hydrogen-bond acceptors (Lipinski definition) is 4. The molecule has 1 aromatic carbocycles. The van der Waals surface area contributed by atoms with Crippen LogP contribution in [0.2, 0.25) is 0 Å². The monoisotopic (exact) mass is 319 g/mol. The Hall–Kier alpha value is -1.25. The molecular formula is C13H19F2N3O2S. The van der Waals surface area contributed by atoms with Gasteiger partial charge in [0.15, 0.2) is 5.82 Å². The fourth-order valence-corrected chi connectivity index (χ4v) is 3.87. The Morgan fingerprint density at radius 1 is 1.43 bits per heavy atom. The molecule has 0 aromatic heterocycles. The fraction of sp³-hybridized carbons (Fsp3) is 0.538. The predicted molar refractivity (Wildman–Crippen MR) is 76.2 cm³/mol. The number of sulfonamides is 1. The van der Waals surface area contributed by atoms with Gasteiger partial charge in [0.2, 0.25) is 10.0 Å². The highest BCUT2D eigenvalue weighted by Crippen LogP contribution is 2.26. The Bertz CT molecular complexity index is 637. The average Bonchev–Trinajstić information content (AvgIpc) is 2.81. The van der Waals surface area contributed by atoms with Gasteiger partial charge in [-0.05, 0) is 38.1 Å². The molecule has 1 unspecified atom stereocenters. The summed E-state index contributed by atoms with van der Waals surface area (Å²) in [4.78, 5) is 1.52. The summed E-state index contributed by atoms with van der Waals surface area (Å²) >= 11 is 0. The van der Waals surface area contributed by atoms with Crippen LogP contribution in [0.4, 0.5) is 14.5 Å². The van der Waals surface area contributed by atoms with Crippen LogP contribution in [0.25, 0.3) is 0 Å². The summed E-state index contributed by atoms with van der Waals surface area (Å²) in [5.74, 6) is -1.99. The zero-order valence-corrected chi connectivity index (χ0v) is 12.8. The number of halogens is 2. The maximum atomic E-state index is 13.9. The van der Waals surface area contributed by atoms with Crippen LogP contribution in [0.5, 0.6) is 0 Å². The molecule has 0 saturated carbocycles. The van der Waals surface area contributed by atoms with Crippen LogP contribution < -0.4 is 5.73 Å². The van der Waals surface area contributed by atoms with E-state index < -0.39 is 32.2 Å². The van der Waals surface area contributed by atoms with E-state index >= 15 is 0 Å². The maximum absolute atomic E-state index is 13.9. The van der Waals surface area contributed by atoms with E-state index in [9.17, 15) is 17.2 Å². The lowest BCUT2D eigenvalue weighted by atomic mass is 10.1. The van der Waals surface area contributed by atoms with Crippen LogP contribution >= 0.6 is 0 Å². The number of rotatable bonds is 4. The molecule has 1 aliphatic rings. The van der Waals surface area contributed by atoms with Gasteiger partial charge in [-0.1, -0.05) is 0 Å². The molecule has 5 nitrogen and oxygen atoms in total. The molecule has 0 bridgehead atoms. The summed E-state index contributed by atoms with van der Waals surface area (Å²) in [5.41, 5.74) is 4.45. The van der Waals surface area contributed by atoms with Gasteiger partial charge in [0.25, 0.3) is 0 Å². The molecule has 21 heavy (non-hydrogen) atoms. The minimum absolute atomic E-state index is 0.204. The molecule has 2 rings (SSSR count). The highest BCUT2D eigenvalue weighted by atomic mass is 32.2. The number of likely N-dealkylation sites (tertiary alicyclic amines) is 1. The van der Waals surface area contributed by atoms with Crippen molar-refractivity contribution >= 4 is 15.7 Å². The summed E-state index contributed by atoms with van der Waals surface area (Å²) in [6, 6.07) is 1.77. The zero-order valence-electron chi connectivity index (χ0n) is 12.0. The lowest BCUT2D eigenvalue weighted by Crippen LogP contribution is -2.33. The van der Waals surface area contributed by atoms with Crippen molar-refractivity contribution in [1.82, 2.24) is 9.21 Å². The molecule has 0 amide bonds. The van der Waals surface area contributed by atoms with Crippen molar-refractivity contribution in [2.45, 2.75) is 11.3 Å². The van der Waals surface area contributed by atoms with E-state index in [1.807, 2.05) is 7.05 Å². The van der Waals surface area contributed by atoms with Crippen molar-refractivity contribution in [1.29, 1.82) is 0 Å². The lowest BCUT2D eigenvalue weighted by molar-refractivity contribution is 0.356. The van der Waals surface area contributed by atoms with Crippen LogP contribution in [0.3, 0.4) is 0 Å². The average molecular weight is 319 g/mol. The Morgan fingerprint density at radius 2 is 2.10 bits per heavy atom. The minimum atomic E-state index is -4.02. The first-order valence-corrected chi connectivity index (χ1v) is 8.06. The van der Waals surface area contributed by atoms with Crippen molar-refractivity contribution in [3.05, 3.63) is 23.8 Å². The number of anilines is 1. The van der Waals surface area contributed by atoms with E-state index in [2.05, 4.69) is 4.90 Å². The van der Waals surface area contributed by atoms with Gasteiger partial charge in [-0.15, -0.1) is 0 Å². The molecule has 118 valence electrons. The van der Waals surface area contributed by atoms with E-state index in [4.69, 9.17) is 5.73 Å². The number of nitrogens with two attached hydrogens (primary N) is 1. The van der Waals surface area contributed by atoms with E-state index in [1.165, 1.54) is 7.05 Å². The lowest BCUT2D eigenvalue weighted by Gasteiger charge is -2.21. The number of nitrogen functional groups attached to an aromatic ring is 1. The third-order valence-electron chi connectivity index (χ3n) is 3.78. The van der Waals surface area contributed by atoms with Crippen LogP contribution in [0.15, 0.2) is 17.0 Å². The van der Waals surface area contributed by atoms with Crippen LogP contribution in [0.1, 0.15) is 6.42 Å². The third-order valence-corrected chi connectivity index (χ3v) is 5.62. The molecule has 8 heteroatoms. The first-order valence-electron chi connectivity index (χ1n) is 6.62. The quantitative estimate of drug-likeness (QED) is 0.845. The number of benzene rings is 1. The van der Waals surface area contributed by atoms with E-state index in [1.54, 1.807) is 0 Å². The first-order chi connectivity index (χ1) is 9.73. The minimum Gasteiger partial charge on any atom is -0.394 e. The summed E-state index contributed by atoms with van der Waals surface area (Å²) < 4.78 is 52.9. The normalized spacial score (nSPS) is 20.3. The Labute approximate surface area is 123 Å². The second-order valence-corrected chi connectivity index (χ2v) is 7.49. The zero-order chi connectivity index (χ0) is 15.8. The maximum Gasteiger partial charge on any atom is 0.245 e. The molecule has 2 N–H and O–H groups in total. The molecule has 1 fully saturated rings. The second-order valence-electron chi connectivity index (χ2n) is 5.48. The van der Waals surface area contributed by atoms with Crippen molar-refractivity contribution in [2.24, 2.45) is 5.92 Å². The SMILES string of the molecule is CN1CCC(CN(C)S(=O)(=O)c2ccc(F)c(N)c2F)C1. The smallest absolute Gasteiger partial charge is 0.245 e. The summed E-state index contributed by atoms with van der Waals surface area (Å²) in [6.07, 6.45) is 0.893. The van der Waals surface area contributed by atoms with Crippen LogP contribution in [-0.2, 0) is 10.0 Å². The van der Waals surface area contributed by atoms with E-state index in [0.29, 0.717) is 6.54 Å². The summed E-state index contributed by atoms with van der Waals surface area (Å²) in [5, 5.41) is 0. The Morgan fingerprint density at radius 3 is 2.67 bits per heavy atom. The number of nitrogens with zero attached hydrogens (tertiary/aromatic N) is 2. The van der Waals surface area contributed by atoms with Gasteiger partial charge in [0.05, 0.1) is 0 Å². The molecular weight excluding hydrogens is 300 g/mol. The van der Waals surface area contributed by atoms with Gasteiger partial charge in [-0.25, -0.2) is 21.5 Å². The van der Waals surface area contributed by atoms with E-state index in [-0.39, 0.29) is 5.92 Å². The van der Waals surface area contributed by atoms with Gasteiger partial charge in [0, 0.05) is 20.1 Å². The van der Waals surface area contributed by atoms with Crippen molar-refractivity contribution in [2.75, 3.05) is 39.5 Å². The third kappa shape index (κ3) is 3.17. The largest absolute Gasteiger partial charge is 0.394 e. The van der Waals surface area contributed by atoms with Gasteiger partial charge >= 0.3 is 0 Å². The Kier molecular flexibility index (Phi) is 4.50. The molecule has 0 radical (unpaired) electrons. The molecule has 0 spiro atoms. The number of hydrogen-bond donors (Lipinski definition) is 1. The standard InChI is InChI=1S/C13H19F2N3O2S/c1-17-6-5-9(7-17)8-18(2)21(19,20)11-4-3-10(14)13(16)12(11)15/h3-4,9H,5-8,16H2,1-2H3. The van der Waals surface area contributed by atoms with Crippen molar-refractivity contribution < 1.29 is 17.2 Å². The van der Waals surface area contributed by atoms with Gasteiger partial charge in [0.1, 0.15) is 16.4 Å². The van der Waals surface area contributed by atoms with Gasteiger partial charge < -0.3 is 10.6 Å². The molecule has 1 atom stereocenters. The van der Waals surface area contributed by atoms with Crippen molar-refractivity contribution in [3.8, 4) is 0 Å². The van der Waals surface area contributed by atoms with Crippen molar-refractivity contribution in [3.63, 3.8) is 0 Å². The molecule has 1 aliphatic heterocycles. The summed E-state index contributed by atoms with van der Waals surface area (Å²) in [6.45, 7) is 2.01. The highest BCUT2D eigenvalue weighted by molar-refractivity contribution is 7.89. The highest BCUT2D eigenvalue weighted by Gasteiger charge is 2.30. The summed E-state index contributed by atoms with van der Waals surface area (Å²) in [7, 11) is -0.658. The predicted octanol–water partition coefficient (Wildman–Crippen LogP) is 1.12. The topological polar surface area (TPSA) is 66.6 Å². The molecule has 1 aromatic rings. The molecule has 1 heterocycles. The fourth-order valence-electron chi connectivity index (χ4n) is 2.55. The van der Waals surface area contributed by atoms with Gasteiger partial charge in [-0.2, -0.15) is 0 Å². The van der Waals surface area contributed by atoms with Gasteiger partial charge in [-0.3, -0.25) is 0 Å². The Balaban J connectivity index is 2.23. The van der Waals surface area contributed by atoms with Crippen LogP contribution in [0, 0.1) is 17.6 Å². The first kappa shape index (κ1) is 16.1. The molecule has 0 aliphatic carbocycles. The van der Waals surface area contributed by atoms with Crippen LogP contribution in [-0.4, -0.2) is 51.4 Å². The molecule has 1 saturated heterocycles. The van der Waals surface area contributed by atoms with E-state index in [0.717, 1.165) is 35.9 Å². The second kappa shape index (κ2) is 5.86.